The van der Waals surface area contributed by atoms with Gasteiger partial charge in [0.05, 0.1) is 28.4 Å². The molecule has 47 heavy (non-hydrogen) atoms. The molecule has 246 valence electrons. The normalized spacial score (nSPS) is 14.5. The van der Waals surface area contributed by atoms with Gasteiger partial charge in [-0.05, 0) is 42.5 Å². The number of amidine groups is 1. The van der Waals surface area contributed by atoms with Crippen molar-refractivity contribution in [2.24, 2.45) is 4.99 Å². The van der Waals surface area contributed by atoms with Crippen molar-refractivity contribution in [3.8, 4) is 22.8 Å². The van der Waals surface area contributed by atoms with Gasteiger partial charge in [0.2, 0.25) is 5.91 Å². The Bertz CT molecular complexity index is 1840. The fourth-order valence-electron chi connectivity index (χ4n) is 4.23. The zero-order valence-corrected chi connectivity index (χ0v) is 25.0. The van der Waals surface area contributed by atoms with E-state index in [-0.39, 0.29) is 39.6 Å². The van der Waals surface area contributed by atoms with Crippen LogP contribution >= 0.6 is 11.8 Å². The molecule has 5 rings (SSSR count). The van der Waals surface area contributed by atoms with Gasteiger partial charge < -0.3 is 15.0 Å². The summed E-state index contributed by atoms with van der Waals surface area (Å²) in [7, 11) is 3.36. The zero-order chi connectivity index (χ0) is 34.1. The molecule has 0 radical (unpaired) electrons. The number of amides is 3. The van der Waals surface area contributed by atoms with E-state index < -0.39 is 42.3 Å². The molecule has 3 amide bonds. The molecule has 1 aliphatic heterocycles. The summed E-state index contributed by atoms with van der Waals surface area (Å²) >= 11 is 0.851. The highest BCUT2D eigenvalue weighted by atomic mass is 32.2. The van der Waals surface area contributed by atoms with Crippen LogP contribution in [0.4, 0.5) is 52.6 Å². The fourth-order valence-corrected chi connectivity index (χ4v) is 5.09. The number of ether oxygens (including phenoxy) is 1. The molecule has 2 heterocycles. The number of rotatable bonds is 7. The molecular weight excluding hydrogens is 659 g/mol. The molecule has 0 spiro atoms. The minimum Gasteiger partial charge on any atom is -0.482 e. The first-order valence-corrected chi connectivity index (χ1v) is 14.3. The first kappa shape index (κ1) is 33.2. The van der Waals surface area contributed by atoms with Crippen LogP contribution in [-0.4, -0.2) is 64.5 Å². The number of carbonyl (C=O) groups excluding carboxylic acids is 2. The molecule has 3 aromatic carbocycles. The smallest absolute Gasteiger partial charge is 0.422 e. The van der Waals surface area contributed by atoms with Crippen LogP contribution in [0.25, 0.3) is 17.1 Å². The second-order valence-electron chi connectivity index (χ2n) is 10.0. The Labute approximate surface area is 265 Å². The number of benzene rings is 3. The van der Waals surface area contributed by atoms with Gasteiger partial charge in [0.15, 0.2) is 17.6 Å². The molecule has 0 bridgehead atoms. The van der Waals surface area contributed by atoms with Crippen LogP contribution in [-0.2, 0) is 11.0 Å². The number of aromatic nitrogens is 3. The quantitative estimate of drug-likeness (QED) is 0.215. The summed E-state index contributed by atoms with van der Waals surface area (Å²) in [6.45, 7) is -1.62. The SMILES string of the molecule is CN(C)c1ccc(OCC(F)(F)F)c(N2C(=O)CSC2=NC(=O)Nc2ccc(-n3cnc(-c4ccc(C(F)(F)F)cc4)n3)cc2F)c1. The standard InChI is InChI=1S/C29H22F7N7O3S/c1-41(2)18-8-10-23(46-14-28(31,32)33)22(12-18)43-24(44)13-47-27(43)39-26(45)38-21-9-7-19(11-20(21)30)42-15-37-25(40-42)16-3-5-17(6-4-16)29(34,35)36/h3-12,15H,13-14H2,1-2H3,(H,38,45). The number of urea groups is 1. The molecule has 0 aliphatic carbocycles. The summed E-state index contributed by atoms with van der Waals surface area (Å²) in [4.78, 5) is 36.2. The Morgan fingerprint density at radius 2 is 1.77 bits per heavy atom. The molecule has 0 atom stereocenters. The van der Waals surface area contributed by atoms with Gasteiger partial charge in [0.25, 0.3) is 0 Å². The number of hydrogen-bond donors (Lipinski definition) is 1. The molecule has 1 saturated heterocycles. The fraction of sp³-hybridized carbons (Fsp3) is 0.207. The van der Waals surface area contributed by atoms with E-state index in [0.29, 0.717) is 11.3 Å². The largest absolute Gasteiger partial charge is 0.482 e. The summed E-state index contributed by atoms with van der Waals surface area (Å²) in [6, 6.07) is 10.9. The van der Waals surface area contributed by atoms with Gasteiger partial charge in [-0.1, -0.05) is 23.9 Å². The number of nitrogens with zero attached hydrogens (tertiary/aromatic N) is 6. The minimum atomic E-state index is -4.65. The topological polar surface area (TPSA) is 105 Å². The number of aliphatic imine (C=N–C) groups is 1. The first-order chi connectivity index (χ1) is 22.1. The van der Waals surface area contributed by atoms with Crippen molar-refractivity contribution in [2.75, 3.05) is 41.6 Å². The summed E-state index contributed by atoms with van der Waals surface area (Å²) in [5.74, 6) is -1.84. The van der Waals surface area contributed by atoms with Crippen molar-refractivity contribution in [3.63, 3.8) is 0 Å². The lowest BCUT2D eigenvalue weighted by atomic mass is 10.1. The van der Waals surface area contributed by atoms with Gasteiger partial charge in [0.1, 0.15) is 17.9 Å². The van der Waals surface area contributed by atoms with E-state index in [1.807, 2.05) is 0 Å². The number of carbonyl (C=O) groups is 2. The molecule has 1 aliphatic rings. The third kappa shape index (κ3) is 7.82. The van der Waals surface area contributed by atoms with Crippen molar-refractivity contribution in [2.45, 2.75) is 12.4 Å². The third-order valence-electron chi connectivity index (χ3n) is 6.47. The summed E-state index contributed by atoms with van der Waals surface area (Å²) in [5, 5.41) is 6.26. The van der Waals surface area contributed by atoms with E-state index in [4.69, 9.17) is 4.74 Å². The highest BCUT2D eigenvalue weighted by Gasteiger charge is 2.35. The number of nitrogens with one attached hydrogen (secondary N) is 1. The summed E-state index contributed by atoms with van der Waals surface area (Å²) in [6.07, 6.45) is -7.93. The average Bonchev–Trinajstić information content (AvgIpc) is 3.63. The van der Waals surface area contributed by atoms with Gasteiger partial charge in [-0.2, -0.15) is 31.3 Å². The van der Waals surface area contributed by atoms with Crippen molar-refractivity contribution < 1.29 is 45.1 Å². The first-order valence-electron chi connectivity index (χ1n) is 13.3. The molecular formula is C29H22F7N7O3S. The van der Waals surface area contributed by atoms with Crippen LogP contribution in [0.3, 0.4) is 0 Å². The van der Waals surface area contributed by atoms with Crippen LogP contribution in [0.2, 0.25) is 0 Å². The number of anilines is 3. The van der Waals surface area contributed by atoms with Crippen LogP contribution in [0, 0.1) is 5.82 Å². The van der Waals surface area contributed by atoms with Crippen molar-refractivity contribution in [1.82, 2.24) is 14.8 Å². The minimum absolute atomic E-state index is 0.0685. The van der Waals surface area contributed by atoms with E-state index in [1.54, 1.807) is 19.0 Å². The summed E-state index contributed by atoms with van der Waals surface area (Å²) in [5.41, 5.74) is -0.210. The zero-order valence-electron chi connectivity index (χ0n) is 24.2. The molecule has 1 N–H and O–H groups in total. The Balaban J connectivity index is 1.34. The van der Waals surface area contributed by atoms with E-state index in [9.17, 15) is 35.9 Å². The Morgan fingerprint density at radius 1 is 1.04 bits per heavy atom. The van der Waals surface area contributed by atoms with Gasteiger partial charge in [0, 0.05) is 31.4 Å². The van der Waals surface area contributed by atoms with Gasteiger partial charge in [-0.25, -0.2) is 18.9 Å². The Hall–Kier alpha value is -5.13. The number of alkyl halides is 6. The predicted molar refractivity (Wildman–Crippen MR) is 160 cm³/mol. The third-order valence-corrected chi connectivity index (χ3v) is 7.40. The number of halogens is 7. The molecule has 1 aromatic heterocycles. The van der Waals surface area contributed by atoms with E-state index >= 15 is 4.39 Å². The molecule has 0 unspecified atom stereocenters. The van der Waals surface area contributed by atoms with E-state index in [0.717, 1.165) is 34.9 Å². The highest BCUT2D eigenvalue weighted by molar-refractivity contribution is 8.15. The lowest BCUT2D eigenvalue weighted by Crippen LogP contribution is -2.31. The lowest BCUT2D eigenvalue weighted by molar-refractivity contribution is -0.153. The monoisotopic (exact) mass is 681 g/mol. The highest BCUT2D eigenvalue weighted by Crippen LogP contribution is 2.38. The van der Waals surface area contributed by atoms with Crippen molar-refractivity contribution in [1.29, 1.82) is 0 Å². The van der Waals surface area contributed by atoms with Gasteiger partial charge >= 0.3 is 18.4 Å². The van der Waals surface area contributed by atoms with Crippen LogP contribution in [0.5, 0.6) is 5.75 Å². The maximum Gasteiger partial charge on any atom is 0.422 e. The molecule has 0 saturated carbocycles. The van der Waals surface area contributed by atoms with Crippen LogP contribution in [0.15, 0.2) is 72.0 Å². The second-order valence-corrected chi connectivity index (χ2v) is 11.0. The average molecular weight is 682 g/mol. The maximum atomic E-state index is 15.0. The number of hydrogen-bond acceptors (Lipinski definition) is 7. The molecule has 4 aromatic rings. The molecule has 1 fully saturated rings. The van der Waals surface area contributed by atoms with E-state index in [2.05, 4.69) is 20.4 Å². The number of thioether (sulfide) groups is 1. The maximum absolute atomic E-state index is 15.0. The van der Waals surface area contributed by atoms with Crippen molar-refractivity contribution in [3.05, 3.63) is 78.4 Å². The van der Waals surface area contributed by atoms with Gasteiger partial charge in [-0.3, -0.25) is 9.69 Å². The Morgan fingerprint density at radius 3 is 2.40 bits per heavy atom. The molecule has 18 heteroatoms. The van der Waals surface area contributed by atoms with E-state index in [1.165, 1.54) is 53.5 Å². The summed E-state index contributed by atoms with van der Waals surface area (Å²) < 4.78 is 98.4. The van der Waals surface area contributed by atoms with Crippen molar-refractivity contribution >= 4 is 45.9 Å². The van der Waals surface area contributed by atoms with Crippen LogP contribution in [0.1, 0.15) is 5.56 Å². The predicted octanol–water partition coefficient (Wildman–Crippen LogP) is 6.77. The van der Waals surface area contributed by atoms with Gasteiger partial charge in [-0.15, -0.1) is 5.10 Å². The lowest BCUT2D eigenvalue weighted by Gasteiger charge is -2.23. The molecule has 10 nitrogen and oxygen atoms in total. The second kappa shape index (κ2) is 12.9. The Kier molecular flexibility index (Phi) is 9.15. The van der Waals surface area contributed by atoms with Crippen LogP contribution < -0.4 is 19.9 Å².